The molecule has 1 aliphatic carbocycles. The number of likely N-dealkylation sites (tertiary alicyclic amines) is 1. The van der Waals surface area contributed by atoms with Crippen molar-refractivity contribution in [2.75, 3.05) is 30.3 Å². The smallest absolute Gasteiger partial charge is 0.227 e. The highest BCUT2D eigenvalue weighted by Crippen LogP contribution is 2.47. The van der Waals surface area contributed by atoms with E-state index in [1.165, 1.54) is 25.7 Å². The number of anilines is 1. The molecule has 0 spiro atoms. The van der Waals surface area contributed by atoms with E-state index in [0.717, 1.165) is 73.8 Å². The van der Waals surface area contributed by atoms with Crippen LogP contribution in [0.4, 0.5) is 5.82 Å². The summed E-state index contributed by atoms with van der Waals surface area (Å²) < 4.78 is 1.91. The number of nitrogens with zero attached hydrogens (tertiary/aromatic N) is 5. The van der Waals surface area contributed by atoms with Gasteiger partial charge in [-0.1, -0.05) is 12.8 Å². The standard InChI is InChI=1S/C25H36N6OS/c1-16-13-31-23(27-24(16)29-11-9-17(26)14-29)12-20(28-31)21-7-4-5-10-30(21)25(32)19-15-33-22-8-3-2-6-18(19)22/h12-13,17-19,21-22H,2-11,14-15,26H2,1H3/t17?,18?,19?,21-,22?/m0/s1. The number of aromatic nitrogens is 3. The lowest BCUT2D eigenvalue weighted by Gasteiger charge is -2.38. The SMILES string of the molecule is Cc1cn2nc([C@@H]3CCCCN3C(=O)C3CSC4CCCCC43)cc2nc1N1CCC(N)C1. The highest BCUT2D eigenvalue weighted by atomic mass is 32.2. The van der Waals surface area contributed by atoms with Crippen molar-refractivity contribution in [3.63, 3.8) is 0 Å². The van der Waals surface area contributed by atoms with Crippen molar-refractivity contribution < 1.29 is 4.79 Å². The molecule has 0 bridgehead atoms. The molecule has 2 N–H and O–H groups in total. The van der Waals surface area contributed by atoms with Gasteiger partial charge in [0.1, 0.15) is 5.82 Å². The van der Waals surface area contributed by atoms with Gasteiger partial charge in [-0.25, -0.2) is 9.50 Å². The Kier molecular flexibility index (Phi) is 5.77. The van der Waals surface area contributed by atoms with Gasteiger partial charge in [0.05, 0.1) is 17.7 Å². The molecular formula is C25H36N6OS. The summed E-state index contributed by atoms with van der Waals surface area (Å²) in [6.07, 6.45) is 11.5. The van der Waals surface area contributed by atoms with Crippen molar-refractivity contribution in [2.45, 2.75) is 75.6 Å². The Balaban J connectivity index is 1.27. The number of thioether (sulfide) groups is 1. The van der Waals surface area contributed by atoms with Crippen LogP contribution in [0.25, 0.3) is 5.65 Å². The molecule has 4 unspecified atom stereocenters. The maximum atomic E-state index is 13.8. The summed E-state index contributed by atoms with van der Waals surface area (Å²) >= 11 is 2.05. The fourth-order valence-electron chi connectivity index (χ4n) is 6.60. The monoisotopic (exact) mass is 468 g/mol. The minimum absolute atomic E-state index is 0.0737. The van der Waals surface area contributed by atoms with Gasteiger partial charge >= 0.3 is 0 Å². The van der Waals surface area contributed by atoms with Crippen molar-refractivity contribution in [2.24, 2.45) is 17.6 Å². The molecule has 6 rings (SSSR count). The summed E-state index contributed by atoms with van der Waals surface area (Å²) in [5.74, 6) is 3.19. The molecule has 0 radical (unpaired) electrons. The predicted molar refractivity (Wildman–Crippen MR) is 133 cm³/mol. The molecule has 4 fully saturated rings. The van der Waals surface area contributed by atoms with Gasteiger partial charge in [0.2, 0.25) is 5.91 Å². The van der Waals surface area contributed by atoms with E-state index in [1.807, 2.05) is 4.52 Å². The van der Waals surface area contributed by atoms with Crippen LogP contribution in [0.15, 0.2) is 12.3 Å². The Hall–Kier alpha value is -1.80. The van der Waals surface area contributed by atoms with E-state index in [4.69, 9.17) is 15.8 Å². The zero-order valence-electron chi connectivity index (χ0n) is 19.7. The van der Waals surface area contributed by atoms with E-state index in [0.29, 0.717) is 17.1 Å². The highest BCUT2D eigenvalue weighted by Gasteiger charge is 2.45. The fourth-order valence-corrected chi connectivity index (χ4v) is 8.35. The molecule has 3 saturated heterocycles. The van der Waals surface area contributed by atoms with Gasteiger partial charge < -0.3 is 15.5 Å². The van der Waals surface area contributed by atoms with Crippen LogP contribution in [0.2, 0.25) is 0 Å². The molecule has 5 heterocycles. The number of aryl methyl sites for hydroxylation is 1. The lowest BCUT2D eigenvalue weighted by atomic mass is 9.79. The molecule has 7 nitrogen and oxygen atoms in total. The second kappa shape index (κ2) is 8.77. The van der Waals surface area contributed by atoms with Gasteiger partial charge in [-0.2, -0.15) is 16.9 Å². The average Bonchev–Trinajstić information content (AvgIpc) is 3.55. The quantitative estimate of drug-likeness (QED) is 0.742. The number of rotatable bonds is 3. The maximum Gasteiger partial charge on any atom is 0.227 e. The van der Waals surface area contributed by atoms with Crippen LogP contribution in [-0.4, -0.2) is 62.1 Å². The number of carbonyl (C=O) groups excluding carboxylic acids is 1. The molecule has 2 aromatic heterocycles. The van der Waals surface area contributed by atoms with Crippen LogP contribution < -0.4 is 10.6 Å². The lowest BCUT2D eigenvalue weighted by Crippen LogP contribution is -2.44. The van der Waals surface area contributed by atoms with Crippen molar-refractivity contribution in [1.82, 2.24) is 19.5 Å². The molecule has 8 heteroatoms. The topological polar surface area (TPSA) is 79.8 Å². The zero-order valence-corrected chi connectivity index (χ0v) is 20.5. The predicted octanol–water partition coefficient (Wildman–Crippen LogP) is 3.55. The van der Waals surface area contributed by atoms with Crippen molar-refractivity contribution in [1.29, 1.82) is 0 Å². The molecule has 5 atom stereocenters. The van der Waals surface area contributed by atoms with Crippen LogP contribution in [-0.2, 0) is 4.79 Å². The third-order valence-corrected chi connectivity index (χ3v) is 9.92. The van der Waals surface area contributed by atoms with Crippen molar-refractivity contribution in [3.8, 4) is 0 Å². The molecule has 33 heavy (non-hydrogen) atoms. The van der Waals surface area contributed by atoms with Gasteiger partial charge in [0.15, 0.2) is 5.65 Å². The third kappa shape index (κ3) is 3.93. The highest BCUT2D eigenvalue weighted by molar-refractivity contribution is 8.00. The van der Waals surface area contributed by atoms with E-state index in [2.05, 4.69) is 40.7 Å². The van der Waals surface area contributed by atoms with E-state index in [-0.39, 0.29) is 18.0 Å². The molecule has 1 saturated carbocycles. The summed E-state index contributed by atoms with van der Waals surface area (Å²) in [7, 11) is 0. The first kappa shape index (κ1) is 21.7. The van der Waals surface area contributed by atoms with Gasteiger partial charge in [0.25, 0.3) is 0 Å². The number of hydrogen-bond acceptors (Lipinski definition) is 6. The third-order valence-electron chi connectivity index (χ3n) is 8.35. The van der Waals surface area contributed by atoms with E-state index < -0.39 is 0 Å². The summed E-state index contributed by atoms with van der Waals surface area (Å²) in [4.78, 5) is 23.3. The van der Waals surface area contributed by atoms with E-state index in [1.54, 1.807) is 0 Å². The average molecular weight is 469 g/mol. The minimum Gasteiger partial charge on any atom is -0.355 e. The van der Waals surface area contributed by atoms with Crippen LogP contribution in [0.1, 0.15) is 68.7 Å². The van der Waals surface area contributed by atoms with Crippen LogP contribution in [0, 0.1) is 18.8 Å². The molecule has 3 aliphatic heterocycles. The Morgan fingerprint density at radius 2 is 1.97 bits per heavy atom. The number of piperidine rings is 1. The summed E-state index contributed by atoms with van der Waals surface area (Å²) in [6.45, 7) is 4.77. The fraction of sp³-hybridized carbons (Fsp3) is 0.720. The van der Waals surface area contributed by atoms with Crippen LogP contribution >= 0.6 is 11.8 Å². The largest absolute Gasteiger partial charge is 0.355 e. The molecule has 4 aliphatic rings. The molecule has 178 valence electrons. The van der Waals surface area contributed by atoms with Gasteiger partial charge in [0, 0.05) is 54.5 Å². The minimum atomic E-state index is 0.0737. The molecule has 2 aromatic rings. The lowest BCUT2D eigenvalue weighted by molar-refractivity contribution is -0.140. The molecule has 0 aromatic carbocycles. The number of fused-ring (bicyclic) bond motifs is 2. The van der Waals surface area contributed by atoms with Crippen LogP contribution in [0.3, 0.4) is 0 Å². The second-order valence-electron chi connectivity index (χ2n) is 10.6. The van der Waals surface area contributed by atoms with Gasteiger partial charge in [-0.05, 0) is 51.4 Å². The van der Waals surface area contributed by atoms with Crippen molar-refractivity contribution >= 4 is 29.1 Å². The first-order valence-electron chi connectivity index (χ1n) is 12.9. The van der Waals surface area contributed by atoms with E-state index in [9.17, 15) is 4.79 Å². The van der Waals surface area contributed by atoms with E-state index >= 15 is 0 Å². The van der Waals surface area contributed by atoms with Crippen LogP contribution in [0.5, 0.6) is 0 Å². The Morgan fingerprint density at radius 1 is 1.12 bits per heavy atom. The zero-order chi connectivity index (χ0) is 22.5. The van der Waals surface area contributed by atoms with Crippen molar-refractivity contribution in [3.05, 3.63) is 23.5 Å². The summed E-state index contributed by atoms with van der Waals surface area (Å²) in [6, 6.07) is 2.41. The normalized spacial score (nSPS) is 32.5. The summed E-state index contributed by atoms with van der Waals surface area (Å²) in [5.41, 5.74) is 9.12. The van der Waals surface area contributed by atoms with Gasteiger partial charge in [-0.3, -0.25) is 4.79 Å². The van der Waals surface area contributed by atoms with Gasteiger partial charge in [-0.15, -0.1) is 0 Å². The summed E-state index contributed by atoms with van der Waals surface area (Å²) in [5, 5.41) is 5.64. The maximum absolute atomic E-state index is 13.8. The number of nitrogens with two attached hydrogens (primary N) is 1. The molecule has 1 amide bonds. The Labute approximate surface area is 200 Å². The number of hydrogen-bond donors (Lipinski definition) is 1. The Bertz CT molecular complexity index is 1040. The first-order valence-corrected chi connectivity index (χ1v) is 13.9. The second-order valence-corrected chi connectivity index (χ2v) is 11.9. The molecular weight excluding hydrogens is 432 g/mol. The number of carbonyl (C=O) groups is 1. The first-order chi connectivity index (χ1) is 16.1. The Morgan fingerprint density at radius 3 is 2.82 bits per heavy atom. The number of amides is 1.